The van der Waals surface area contributed by atoms with E-state index in [1.807, 2.05) is 24.3 Å². The Kier molecular flexibility index (Phi) is 5.48. The van der Waals surface area contributed by atoms with Gasteiger partial charge in [-0.2, -0.15) is 0 Å². The van der Waals surface area contributed by atoms with Crippen LogP contribution in [0.25, 0.3) is 0 Å². The maximum atomic E-state index is 12.2. The third-order valence-electron chi connectivity index (χ3n) is 3.40. The average molecular weight is 373 g/mol. The molecule has 3 rings (SSSR count). The van der Waals surface area contributed by atoms with Crippen LogP contribution in [0.1, 0.15) is 16.1 Å². The molecule has 7 heteroatoms. The van der Waals surface area contributed by atoms with E-state index < -0.39 is 0 Å². The first-order valence-electron chi connectivity index (χ1n) is 7.50. The third kappa shape index (κ3) is 4.68. The molecule has 0 fully saturated rings. The third-order valence-corrected chi connectivity index (χ3v) is 4.00. The highest BCUT2D eigenvalue weighted by atomic mass is 35.5. The zero-order valence-corrected chi connectivity index (χ0v) is 14.6. The van der Waals surface area contributed by atoms with Crippen LogP contribution >= 0.6 is 23.2 Å². The summed E-state index contributed by atoms with van der Waals surface area (Å²) in [7, 11) is 0. The largest absolute Gasteiger partial charge is 0.364 e. The molecule has 0 radical (unpaired) electrons. The molecule has 0 aliphatic rings. The Balaban J connectivity index is 1.61. The van der Waals surface area contributed by atoms with Crippen molar-refractivity contribution in [1.29, 1.82) is 0 Å². The lowest BCUT2D eigenvalue weighted by atomic mass is 10.2. The van der Waals surface area contributed by atoms with Crippen molar-refractivity contribution in [3.8, 4) is 0 Å². The summed E-state index contributed by atoms with van der Waals surface area (Å²) in [4.78, 5) is 12.2. The van der Waals surface area contributed by atoms with Gasteiger partial charge in [0.15, 0.2) is 5.69 Å². The number of halogens is 2. The summed E-state index contributed by atoms with van der Waals surface area (Å²) < 4.78 is 0. The first-order valence-corrected chi connectivity index (χ1v) is 8.25. The van der Waals surface area contributed by atoms with Crippen molar-refractivity contribution in [2.24, 2.45) is 0 Å². The molecule has 5 nitrogen and oxygen atoms in total. The average Bonchev–Trinajstić information content (AvgIpc) is 2.61. The minimum Gasteiger partial charge on any atom is -0.364 e. The van der Waals surface area contributed by atoms with Crippen molar-refractivity contribution in [3.05, 3.63) is 82.0 Å². The van der Waals surface area contributed by atoms with Gasteiger partial charge in [-0.25, -0.2) is 0 Å². The second-order valence-electron chi connectivity index (χ2n) is 5.21. The molecule has 126 valence electrons. The number of carbonyl (C=O) groups excluding carboxylic acids is 1. The van der Waals surface area contributed by atoms with E-state index in [-0.39, 0.29) is 11.6 Å². The Morgan fingerprint density at radius 1 is 0.960 bits per heavy atom. The van der Waals surface area contributed by atoms with E-state index in [9.17, 15) is 4.79 Å². The van der Waals surface area contributed by atoms with Gasteiger partial charge in [0.2, 0.25) is 0 Å². The lowest BCUT2D eigenvalue weighted by Crippen LogP contribution is -2.14. The fraction of sp³-hybridized carbons (Fsp3) is 0.0556. The maximum absolute atomic E-state index is 12.2. The van der Waals surface area contributed by atoms with Crippen LogP contribution in [-0.4, -0.2) is 16.1 Å². The highest BCUT2D eigenvalue weighted by Crippen LogP contribution is 2.17. The van der Waals surface area contributed by atoms with Gasteiger partial charge in [-0.3, -0.25) is 4.79 Å². The molecule has 1 aromatic heterocycles. The van der Waals surface area contributed by atoms with Crippen molar-refractivity contribution in [2.45, 2.75) is 6.54 Å². The fourth-order valence-corrected chi connectivity index (χ4v) is 2.53. The molecule has 0 atom stereocenters. The van der Waals surface area contributed by atoms with E-state index in [0.717, 1.165) is 5.56 Å². The molecule has 0 unspecified atom stereocenters. The number of anilines is 2. The van der Waals surface area contributed by atoms with Crippen molar-refractivity contribution in [1.82, 2.24) is 10.2 Å². The monoisotopic (exact) mass is 372 g/mol. The molecule has 0 spiro atoms. The van der Waals surface area contributed by atoms with E-state index in [0.29, 0.717) is 28.1 Å². The molecule has 1 heterocycles. The summed E-state index contributed by atoms with van der Waals surface area (Å²) in [5, 5.41) is 15.0. The molecular formula is C18H14Cl2N4O. The van der Waals surface area contributed by atoms with Crippen LogP contribution in [0.5, 0.6) is 0 Å². The van der Waals surface area contributed by atoms with Gasteiger partial charge in [0, 0.05) is 22.3 Å². The molecule has 0 bridgehead atoms. The first-order chi connectivity index (χ1) is 12.1. The quantitative estimate of drug-likeness (QED) is 0.683. The van der Waals surface area contributed by atoms with E-state index in [2.05, 4.69) is 20.8 Å². The number of aromatic nitrogens is 2. The van der Waals surface area contributed by atoms with Crippen LogP contribution < -0.4 is 10.6 Å². The summed E-state index contributed by atoms with van der Waals surface area (Å²) >= 11 is 12.0. The van der Waals surface area contributed by atoms with E-state index in [1.165, 1.54) is 0 Å². The molecule has 25 heavy (non-hydrogen) atoms. The second-order valence-corrected chi connectivity index (χ2v) is 6.06. The van der Waals surface area contributed by atoms with Crippen molar-refractivity contribution in [2.75, 3.05) is 10.6 Å². The lowest BCUT2D eigenvalue weighted by Gasteiger charge is -2.08. The molecule has 1 amide bonds. The Morgan fingerprint density at radius 2 is 1.80 bits per heavy atom. The summed E-state index contributed by atoms with van der Waals surface area (Å²) in [6, 6.07) is 17.7. The lowest BCUT2D eigenvalue weighted by molar-refractivity contribution is 0.102. The van der Waals surface area contributed by atoms with E-state index in [4.69, 9.17) is 23.2 Å². The standard InChI is InChI=1S/C18H14Cl2N4O/c19-13-5-3-6-14(10-13)22-18(25)16-8-9-17(24-23-16)21-11-12-4-1-2-7-15(12)20/h1-10H,11H2,(H,21,24)(H,22,25). The maximum Gasteiger partial charge on any atom is 0.276 e. The fourth-order valence-electron chi connectivity index (χ4n) is 2.14. The Morgan fingerprint density at radius 3 is 2.52 bits per heavy atom. The number of hydrogen-bond donors (Lipinski definition) is 2. The molecule has 2 N–H and O–H groups in total. The zero-order valence-electron chi connectivity index (χ0n) is 13.0. The Labute approximate surface area is 155 Å². The summed E-state index contributed by atoms with van der Waals surface area (Å²) in [6.45, 7) is 0.516. The molecule has 3 aromatic rings. The Hall–Kier alpha value is -2.63. The van der Waals surface area contributed by atoms with Crippen LogP contribution in [0.3, 0.4) is 0 Å². The number of benzene rings is 2. The number of carbonyl (C=O) groups is 1. The van der Waals surface area contributed by atoms with Crippen LogP contribution in [0.4, 0.5) is 11.5 Å². The van der Waals surface area contributed by atoms with Gasteiger partial charge < -0.3 is 10.6 Å². The second kappa shape index (κ2) is 7.96. The SMILES string of the molecule is O=C(Nc1cccc(Cl)c1)c1ccc(NCc2ccccc2Cl)nn1. The van der Waals surface area contributed by atoms with Gasteiger partial charge >= 0.3 is 0 Å². The van der Waals surface area contributed by atoms with Crippen LogP contribution in [0.15, 0.2) is 60.7 Å². The summed E-state index contributed by atoms with van der Waals surface area (Å²) in [5.41, 5.74) is 1.76. The minimum atomic E-state index is -0.354. The van der Waals surface area contributed by atoms with Gasteiger partial charge in [-0.1, -0.05) is 47.5 Å². The highest BCUT2D eigenvalue weighted by molar-refractivity contribution is 6.31. The topological polar surface area (TPSA) is 66.9 Å². The molecule has 2 aromatic carbocycles. The smallest absolute Gasteiger partial charge is 0.276 e. The summed E-state index contributed by atoms with van der Waals surface area (Å²) in [6.07, 6.45) is 0. The predicted molar refractivity (Wildman–Crippen MR) is 100 cm³/mol. The van der Waals surface area contributed by atoms with Crippen molar-refractivity contribution in [3.63, 3.8) is 0 Å². The van der Waals surface area contributed by atoms with Crippen molar-refractivity contribution < 1.29 is 4.79 Å². The summed E-state index contributed by atoms with van der Waals surface area (Å²) in [5.74, 6) is 0.201. The van der Waals surface area contributed by atoms with Gasteiger partial charge in [-0.05, 0) is 42.0 Å². The molecule has 0 saturated heterocycles. The number of rotatable bonds is 5. The molecule has 0 aliphatic heterocycles. The van der Waals surface area contributed by atoms with Gasteiger partial charge in [0.1, 0.15) is 5.82 Å². The highest BCUT2D eigenvalue weighted by Gasteiger charge is 2.09. The number of nitrogens with zero attached hydrogens (tertiary/aromatic N) is 2. The molecule has 0 saturated carbocycles. The normalized spacial score (nSPS) is 10.3. The number of nitrogens with one attached hydrogen (secondary N) is 2. The van der Waals surface area contributed by atoms with Gasteiger partial charge in [0.25, 0.3) is 5.91 Å². The van der Waals surface area contributed by atoms with E-state index in [1.54, 1.807) is 36.4 Å². The van der Waals surface area contributed by atoms with Crippen LogP contribution in [0.2, 0.25) is 10.0 Å². The molecule has 0 aliphatic carbocycles. The van der Waals surface area contributed by atoms with Crippen molar-refractivity contribution >= 4 is 40.6 Å². The zero-order chi connectivity index (χ0) is 17.6. The molecular weight excluding hydrogens is 359 g/mol. The predicted octanol–water partition coefficient (Wildman–Crippen LogP) is 4.65. The van der Waals surface area contributed by atoms with Crippen LogP contribution in [-0.2, 0) is 6.54 Å². The number of hydrogen-bond acceptors (Lipinski definition) is 4. The van der Waals surface area contributed by atoms with Crippen LogP contribution in [0, 0.1) is 0 Å². The van der Waals surface area contributed by atoms with Gasteiger partial charge in [0.05, 0.1) is 0 Å². The van der Waals surface area contributed by atoms with Gasteiger partial charge in [-0.15, -0.1) is 10.2 Å². The Bertz CT molecular complexity index is 884. The minimum absolute atomic E-state index is 0.211. The number of amides is 1. The van der Waals surface area contributed by atoms with E-state index >= 15 is 0 Å². The first kappa shape index (κ1) is 17.2.